The molecule has 1 aromatic heterocycles. The monoisotopic (exact) mass is 477 g/mol. The molecule has 0 bridgehead atoms. The fraction of sp³-hybridized carbons (Fsp3) is 0.150. The molecule has 2 N–H and O–H groups in total. The Morgan fingerprint density at radius 1 is 1.16 bits per heavy atom. The number of aryl methyl sites for hydroxylation is 1. The molecule has 31 heavy (non-hydrogen) atoms. The van der Waals surface area contributed by atoms with E-state index in [1.54, 1.807) is 49.6 Å². The Morgan fingerprint density at radius 3 is 2.45 bits per heavy atom. The molecule has 3 rings (SSSR count). The molecule has 1 heterocycles. The lowest BCUT2D eigenvalue weighted by molar-refractivity contribution is -0.384. The van der Waals surface area contributed by atoms with Gasteiger partial charge in [-0.25, -0.2) is 8.42 Å². The maximum atomic E-state index is 12.5. The van der Waals surface area contributed by atoms with Crippen LogP contribution in [0.4, 0.5) is 17.1 Å². The minimum absolute atomic E-state index is 0.0345. The number of amides is 1. The number of sulfonamides is 1. The molecule has 0 fully saturated rings. The second-order valence-corrected chi connectivity index (χ2v) is 10.8. The molecule has 1 amide bonds. The molecule has 0 saturated heterocycles. The maximum absolute atomic E-state index is 12.5. The van der Waals surface area contributed by atoms with E-state index in [0.717, 1.165) is 16.2 Å². The lowest BCUT2D eigenvalue weighted by Gasteiger charge is -2.14. The van der Waals surface area contributed by atoms with Crippen molar-refractivity contribution in [1.29, 1.82) is 0 Å². The molecule has 0 aliphatic carbocycles. The number of nitro benzene ring substituents is 1. The third-order valence-corrected chi connectivity index (χ3v) is 8.12. The van der Waals surface area contributed by atoms with Crippen molar-refractivity contribution in [2.24, 2.45) is 0 Å². The van der Waals surface area contributed by atoms with Gasteiger partial charge in [0, 0.05) is 28.4 Å². The van der Waals surface area contributed by atoms with Crippen LogP contribution in [-0.4, -0.2) is 24.5 Å². The SMILES string of the molecule is Cc1cc([N+](=O)[O-])ccc1NC(=O)C(C)Sc1ccc(NS(=O)(=O)c2cccs2)cc1. The summed E-state index contributed by atoms with van der Waals surface area (Å²) >= 11 is 2.45. The van der Waals surface area contributed by atoms with Gasteiger partial charge in [0.05, 0.1) is 10.2 Å². The van der Waals surface area contributed by atoms with Gasteiger partial charge in [0.15, 0.2) is 0 Å². The first-order chi connectivity index (χ1) is 14.7. The Labute approximate surface area is 187 Å². The predicted molar refractivity (Wildman–Crippen MR) is 123 cm³/mol. The fourth-order valence-electron chi connectivity index (χ4n) is 2.62. The van der Waals surface area contributed by atoms with Crippen LogP contribution in [0.25, 0.3) is 0 Å². The highest BCUT2D eigenvalue weighted by atomic mass is 32.2. The fourth-order valence-corrected chi connectivity index (χ4v) is 5.54. The number of non-ortho nitro benzene ring substituents is 1. The largest absolute Gasteiger partial charge is 0.325 e. The Balaban J connectivity index is 1.61. The highest BCUT2D eigenvalue weighted by molar-refractivity contribution is 8.00. The second-order valence-electron chi connectivity index (χ2n) is 6.57. The number of thioether (sulfide) groups is 1. The van der Waals surface area contributed by atoms with Crippen molar-refractivity contribution in [2.45, 2.75) is 28.2 Å². The van der Waals surface area contributed by atoms with Crippen molar-refractivity contribution < 1.29 is 18.1 Å². The lowest BCUT2D eigenvalue weighted by Crippen LogP contribution is -2.22. The molecule has 8 nitrogen and oxygen atoms in total. The Kier molecular flexibility index (Phi) is 6.98. The number of nitro groups is 1. The number of hydrogen-bond donors (Lipinski definition) is 2. The van der Waals surface area contributed by atoms with Crippen LogP contribution >= 0.6 is 23.1 Å². The van der Waals surface area contributed by atoms with Crippen molar-refractivity contribution >= 4 is 56.1 Å². The van der Waals surface area contributed by atoms with Gasteiger partial charge in [-0.3, -0.25) is 19.6 Å². The molecule has 0 aliphatic heterocycles. The molecule has 2 aromatic carbocycles. The van der Waals surface area contributed by atoms with Crippen LogP contribution in [0.15, 0.2) is 69.1 Å². The minimum Gasteiger partial charge on any atom is -0.325 e. The molecular weight excluding hydrogens is 458 g/mol. The van der Waals surface area contributed by atoms with Gasteiger partial charge in [-0.15, -0.1) is 23.1 Å². The van der Waals surface area contributed by atoms with E-state index in [4.69, 9.17) is 0 Å². The van der Waals surface area contributed by atoms with Crippen LogP contribution in [0.1, 0.15) is 12.5 Å². The van der Waals surface area contributed by atoms with E-state index in [0.29, 0.717) is 16.9 Å². The van der Waals surface area contributed by atoms with E-state index in [1.807, 2.05) is 0 Å². The van der Waals surface area contributed by atoms with E-state index < -0.39 is 20.2 Å². The number of carbonyl (C=O) groups excluding carboxylic acids is 1. The molecule has 162 valence electrons. The van der Waals surface area contributed by atoms with E-state index in [9.17, 15) is 23.3 Å². The zero-order valence-electron chi connectivity index (χ0n) is 16.6. The first-order valence-electron chi connectivity index (χ1n) is 9.04. The molecule has 0 saturated carbocycles. The van der Waals surface area contributed by atoms with Gasteiger partial charge in [-0.2, -0.15) is 0 Å². The standard InChI is InChI=1S/C20H19N3O5S3/c1-13-12-16(23(25)26)7-10-18(13)21-20(24)14(2)30-17-8-5-15(6-9-17)22-31(27,28)19-4-3-11-29-19/h3-12,14,22H,1-2H3,(H,21,24). The normalized spacial score (nSPS) is 12.2. The summed E-state index contributed by atoms with van der Waals surface area (Å²) in [5, 5.41) is 14.9. The summed E-state index contributed by atoms with van der Waals surface area (Å²) in [6.07, 6.45) is 0. The van der Waals surface area contributed by atoms with Crippen molar-refractivity contribution in [3.63, 3.8) is 0 Å². The van der Waals surface area contributed by atoms with E-state index in [1.165, 1.54) is 36.0 Å². The van der Waals surface area contributed by atoms with Crippen LogP contribution < -0.4 is 10.0 Å². The van der Waals surface area contributed by atoms with E-state index in [2.05, 4.69) is 10.0 Å². The summed E-state index contributed by atoms with van der Waals surface area (Å²) in [7, 11) is -3.61. The Bertz CT molecular complexity index is 1190. The van der Waals surface area contributed by atoms with Crippen molar-refractivity contribution in [2.75, 3.05) is 10.0 Å². The average molecular weight is 478 g/mol. The van der Waals surface area contributed by atoms with Crippen molar-refractivity contribution in [3.05, 3.63) is 75.7 Å². The zero-order valence-corrected chi connectivity index (χ0v) is 19.0. The maximum Gasteiger partial charge on any atom is 0.271 e. The van der Waals surface area contributed by atoms with Gasteiger partial charge in [0.1, 0.15) is 4.21 Å². The molecule has 0 aliphatic rings. The highest BCUT2D eigenvalue weighted by Gasteiger charge is 2.18. The summed E-state index contributed by atoms with van der Waals surface area (Å²) < 4.78 is 27.3. The summed E-state index contributed by atoms with van der Waals surface area (Å²) in [6, 6.07) is 14.2. The van der Waals surface area contributed by atoms with Crippen LogP contribution in [0.3, 0.4) is 0 Å². The summed E-state index contributed by atoms with van der Waals surface area (Å²) in [6.45, 7) is 3.44. The lowest BCUT2D eigenvalue weighted by atomic mass is 10.2. The summed E-state index contributed by atoms with van der Waals surface area (Å²) in [5.41, 5.74) is 1.51. The molecule has 1 unspecified atom stereocenters. The second kappa shape index (κ2) is 9.50. The quantitative estimate of drug-likeness (QED) is 0.271. The Morgan fingerprint density at radius 2 is 1.87 bits per heavy atom. The molecule has 11 heteroatoms. The number of anilines is 2. The molecule has 0 radical (unpaired) electrons. The number of hydrogen-bond acceptors (Lipinski definition) is 7. The van der Waals surface area contributed by atoms with Gasteiger partial charge in [-0.05, 0) is 61.2 Å². The summed E-state index contributed by atoms with van der Waals surface area (Å²) in [4.78, 5) is 23.7. The molecule has 0 spiro atoms. The Hall–Kier alpha value is -2.89. The van der Waals surface area contributed by atoms with E-state index >= 15 is 0 Å². The molecule has 1 atom stereocenters. The van der Waals surface area contributed by atoms with Gasteiger partial charge in [0.25, 0.3) is 15.7 Å². The first kappa shape index (κ1) is 22.8. The van der Waals surface area contributed by atoms with Crippen LogP contribution in [0.5, 0.6) is 0 Å². The number of nitrogens with zero attached hydrogens (tertiary/aromatic N) is 1. The van der Waals surface area contributed by atoms with Crippen LogP contribution in [-0.2, 0) is 14.8 Å². The van der Waals surface area contributed by atoms with Crippen LogP contribution in [0, 0.1) is 17.0 Å². The van der Waals surface area contributed by atoms with Gasteiger partial charge in [-0.1, -0.05) is 6.07 Å². The van der Waals surface area contributed by atoms with Gasteiger partial charge >= 0.3 is 0 Å². The smallest absolute Gasteiger partial charge is 0.271 e. The molecule has 3 aromatic rings. The number of rotatable bonds is 8. The van der Waals surface area contributed by atoms with E-state index in [-0.39, 0.29) is 15.8 Å². The average Bonchev–Trinajstić information content (AvgIpc) is 3.26. The topological polar surface area (TPSA) is 118 Å². The minimum atomic E-state index is -3.61. The number of benzene rings is 2. The predicted octanol–water partition coefficient (Wildman–Crippen LogP) is 4.88. The number of nitrogens with one attached hydrogen (secondary N) is 2. The van der Waals surface area contributed by atoms with Crippen LogP contribution in [0.2, 0.25) is 0 Å². The van der Waals surface area contributed by atoms with Gasteiger partial charge < -0.3 is 5.32 Å². The third-order valence-electron chi connectivity index (χ3n) is 4.23. The highest BCUT2D eigenvalue weighted by Crippen LogP contribution is 2.28. The zero-order chi connectivity index (χ0) is 22.6. The number of carbonyl (C=O) groups is 1. The van der Waals surface area contributed by atoms with Crippen molar-refractivity contribution in [1.82, 2.24) is 0 Å². The first-order valence-corrected chi connectivity index (χ1v) is 12.3. The molecular formula is C20H19N3O5S3. The number of thiophene rings is 1. The summed E-state index contributed by atoms with van der Waals surface area (Å²) in [5.74, 6) is -0.246. The van der Waals surface area contributed by atoms with Gasteiger partial charge in [0.2, 0.25) is 5.91 Å². The van der Waals surface area contributed by atoms with Crippen molar-refractivity contribution in [3.8, 4) is 0 Å². The third kappa shape index (κ3) is 5.84.